The van der Waals surface area contributed by atoms with Crippen LogP contribution in [0.15, 0.2) is 24.3 Å². The summed E-state index contributed by atoms with van der Waals surface area (Å²) in [5.41, 5.74) is 2.54. The van der Waals surface area contributed by atoms with E-state index in [0.717, 1.165) is 0 Å². The summed E-state index contributed by atoms with van der Waals surface area (Å²) in [6, 6.07) is 8.86. The molecular formula is C19H27NOS. The van der Waals surface area contributed by atoms with Gasteiger partial charge in [-0.25, -0.2) is 0 Å². The highest BCUT2D eigenvalue weighted by Crippen LogP contribution is 2.41. The van der Waals surface area contributed by atoms with Gasteiger partial charge in [-0.05, 0) is 44.1 Å². The number of nitrogens with one attached hydrogen (secondary N) is 1. The average Bonchev–Trinajstić information content (AvgIpc) is 3.37. The first kappa shape index (κ1) is 15.9. The molecule has 1 amide bonds. The zero-order chi connectivity index (χ0) is 15.4. The molecule has 0 bridgehead atoms. The molecule has 0 spiro atoms. The Morgan fingerprint density at radius 3 is 2.45 bits per heavy atom. The molecule has 22 heavy (non-hydrogen) atoms. The summed E-state index contributed by atoms with van der Waals surface area (Å²) < 4.78 is 0. The third kappa shape index (κ3) is 4.52. The van der Waals surface area contributed by atoms with E-state index in [4.69, 9.17) is 0 Å². The molecule has 0 radical (unpaired) electrons. The van der Waals surface area contributed by atoms with Crippen LogP contribution in [0.5, 0.6) is 0 Å². The molecule has 2 aliphatic rings. The first-order chi connectivity index (χ1) is 10.7. The first-order valence-corrected chi connectivity index (χ1v) is 9.75. The van der Waals surface area contributed by atoms with Gasteiger partial charge in [0.2, 0.25) is 5.91 Å². The Labute approximate surface area is 138 Å². The molecule has 2 saturated carbocycles. The number of amides is 1. The van der Waals surface area contributed by atoms with E-state index in [1.165, 1.54) is 56.1 Å². The molecule has 120 valence electrons. The van der Waals surface area contributed by atoms with Crippen molar-refractivity contribution in [3.05, 3.63) is 35.4 Å². The predicted octanol–water partition coefficient (Wildman–Crippen LogP) is 4.63. The number of carbonyl (C=O) groups is 1. The van der Waals surface area contributed by atoms with Crippen LogP contribution in [0.3, 0.4) is 0 Å². The zero-order valence-electron chi connectivity index (χ0n) is 13.5. The van der Waals surface area contributed by atoms with Gasteiger partial charge in [0.1, 0.15) is 0 Å². The molecule has 1 atom stereocenters. The number of rotatable bonds is 6. The minimum absolute atomic E-state index is 0.216. The van der Waals surface area contributed by atoms with Crippen LogP contribution in [0, 0.1) is 12.8 Å². The van der Waals surface area contributed by atoms with Crippen molar-refractivity contribution in [3.8, 4) is 0 Å². The summed E-state index contributed by atoms with van der Waals surface area (Å²) in [7, 11) is 0. The number of carbonyl (C=O) groups excluding carboxylic acids is 1. The van der Waals surface area contributed by atoms with Crippen LogP contribution in [-0.4, -0.2) is 16.9 Å². The molecule has 0 aliphatic heterocycles. The van der Waals surface area contributed by atoms with Gasteiger partial charge in [-0.2, -0.15) is 0 Å². The summed E-state index contributed by atoms with van der Waals surface area (Å²) in [5.74, 6) is 1.49. The van der Waals surface area contributed by atoms with Crippen LogP contribution in [0.2, 0.25) is 0 Å². The monoisotopic (exact) mass is 317 g/mol. The highest BCUT2D eigenvalue weighted by molar-refractivity contribution is 8.00. The largest absolute Gasteiger partial charge is 0.348 e. The molecule has 3 rings (SSSR count). The second-order valence-corrected chi connectivity index (χ2v) is 8.15. The molecule has 0 saturated heterocycles. The Morgan fingerprint density at radius 2 is 1.82 bits per heavy atom. The first-order valence-electron chi connectivity index (χ1n) is 8.70. The Kier molecular flexibility index (Phi) is 5.46. The maximum Gasteiger partial charge on any atom is 0.230 e. The van der Waals surface area contributed by atoms with Gasteiger partial charge in [0.05, 0.1) is 11.8 Å². The van der Waals surface area contributed by atoms with Crippen LogP contribution in [-0.2, 0) is 4.79 Å². The Balaban J connectivity index is 1.52. The van der Waals surface area contributed by atoms with Gasteiger partial charge in [0.25, 0.3) is 0 Å². The molecule has 3 heteroatoms. The number of hydrogen-bond acceptors (Lipinski definition) is 2. The van der Waals surface area contributed by atoms with E-state index in [2.05, 4.69) is 36.5 Å². The summed E-state index contributed by atoms with van der Waals surface area (Å²) in [5, 5.41) is 4.00. The van der Waals surface area contributed by atoms with Crippen molar-refractivity contribution >= 4 is 17.7 Å². The normalized spacial score (nSPS) is 20.6. The van der Waals surface area contributed by atoms with Gasteiger partial charge in [0, 0.05) is 5.25 Å². The maximum atomic E-state index is 12.3. The number of benzene rings is 1. The summed E-state index contributed by atoms with van der Waals surface area (Å²) >= 11 is 1.87. The second-order valence-electron chi connectivity index (χ2n) is 6.86. The fourth-order valence-electron chi connectivity index (χ4n) is 3.32. The van der Waals surface area contributed by atoms with Gasteiger partial charge in [-0.15, -0.1) is 11.8 Å². The third-order valence-corrected chi connectivity index (χ3v) is 6.22. The van der Waals surface area contributed by atoms with Crippen LogP contribution in [0.4, 0.5) is 0 Å². The summed E-state index contributed by atoms with van der Waals surface area (Å²) in [6.45, 7) is 2.11. The molecule has 1 unspecified atom stereocenters. The van der Waals surface area contributed by atoms with Crippen molar-refractivity contribution in [1.82, 2.24) is 5.32 Å². The molecular weight excluding hydrogens is 290 g/mol. The van der Waals surface area contributed by atoms with Crippen molar-refractivity contribution < 1.29 is 4.79 Å². The van der Waals surface area contributed by atoms with Crippen molar-refractivity contribution in [3.63, 3.8) is 0 Å². The molecule has 1 aromatic rings. The number of aryl methyl sites for hydroxylation is 1. The number of thioether (sulfide) groups is 1. The van der Waals surface area contributed by atoms with Gasteiger partial charge >= 0.3 is 0 Å². The summed E-state index contributed by atoms with van der Waals surface area (Å²) in [4.78, 5) is 12.3. The van der Waals surface area contributed by atoms with E-state index >= 15 is 0 Å². The van der Waals surface area contributed by atoms with Crippen molar-refractivity contribution in [2.24, 2.45) is 5.92 Å². The van der Waals surface area contributed by atoms with E-state index in [0.29, 0.717) is 16.9 Å². The summed E-state index contributed by atoms with van der Waals surface area (Å²) in [6.07, 6.45) is 9.13. The third-order valence-electron chi connectivity index (χ3n) is 4.85. The minimum atomic E-state index is 0.216. The molecule has 2 aliphatic carbocycles. The van der Waals surface area contributed by atoms with Crippen molar-refractivity contribution in [2.75, 3.05) is 5.75 Å². The topological polar surface area (TPSA) is 29.1 Å². The molecule has 1 aromatic carbocycles. The van der Waals surface area contributed by atoms with Crippen LogP contribution < -0.4 is 5.32 Å². The molecule has 2 nitrogen and oxygen atoms in total. The average molecular weight is 317 g/mol. The van der Waals surface area contributed by atoms with Crippen molar-refractivity contribution in [1.29, 1.82) is 0 Å². The maximum absolute atomic E-state index is 12.3. The molecule has 0 heterocycles. The van der Waals surface area contributed by atoms with Gasteiger partial charge < -0.3 is 5.32 Å². The van der Waals surface area contributed by atoms with Crippen LogP contribution in [0.25, 0.3) is 0 Å². The highest BCUT2D eigenvalue weighted by atomic mass is 32.2. The SMILES string of the molecule is Cc1ccc(C(NC(=O)CSC2CCCCC2)C2CC2)cc1. The smallest absolute Gasteiger partial charge is 0.230 e. The van der Waals surface area contributed by atoms with E-state index in [9.17, 15) is 4.79 Å². The van der Waals surface area contributed by atoms with E-state index in [-0.39, 0.29) is 11.9 Å². The van der Waals surface area contributed by atoms with E-state index in [1.807, 2.05) is 11.8 Å². The molecule has 1 N–H and O–H groups in total. The molecule has 0 aromatic heterocycles. The Morgan fingerprint density at radius 1 is 1.14 bits per heavy atom. The lowest BCUT2D eigenvalue weighted by atomic mass is 10.0. The lowest BCUT2D eigenvalue weighted by Gasteiger charge is -2.22. The lowest BCUT2D eigenvalue weighted by Crippen LogP contribution is -2.31. The molecule has 2 fully saturated rings. The van der Waals surface area contributed by atoms with Crippen LogP contribution in [0.1, 0.15) is 62.1 Å². The zero-order valence-corrected chi connectivity index (χ0v) is 14.3. The standard InChI is InChI=1S/C19H27NOS/c1-14-7-9-15(10-8-14)19(16-11-12-16)20-18(21)13-22-17-5-3-2-4-6-17/h7-10,16-17,19H,2-6,11-13H2,1H3,(H,20,21). The van der Waals surface area contributed by atoms with E-state index in [1.54, 1.807) is 0 Å². The van der Waals surface area contributed by atoms with Gasteiger partial charge in [-0.1, -0.05) is 49.1 Å². The fourth-order valence-corrected chi connectivity index (χ4v) is 4.45. The Bertz CT molecular complexity index is 489. The van der Waals surface area contributed by atoms with Gasteiger partial charge in [-0.3, -0.25) is 4.79 Å². The minimum Gasteiger partial charge on any atom is -0.348 e. The quantitative estimate of drug-likeness (QED) is 0.829. The van der Waals surface area contributed by atoms with Crippen molar-refractivity contribution in [2.45, 2.75) is 63.2 Å². The lowest BCUT2D eigenvalue weighted by molar-refractivity contribution is -0.119. The van der Waals surface area contributed by atoms with Gasteiger partial charge in [0.15, 0.2) is 0 Å². The number of hydrogen-bond donors (Lipinski definition) is 1. The Hall–Kier alpha value is -0.960. The highest BCUT2D eigenvalue weighted by Gasteiger charge is 2.33. The fraction of sp³-hybridized carbons (Fsp3) is 0.632. The second kappa shape index (κ2) is 7.54. The van der Waals surface area contributed by atoms with Crippen LogP contribution >= 0.6 is 11.8 Å². The van der Waals surface area contributed by atoms with E-state index < -0.39 is 0 Å². The predicted molar refractivity (Wildman–Crippen MR) is 94.1 cm³/mol.